The number of allylic oxidation sites excluding steroid dienone is 10. The zero-order chi connectivity index (χ0) is 15.0. The molecule has 3 aliphatic rings. The third kappa shape index (κ3) is 10.2. The minimum atomic E-state index is 0. The van der Waals surface area contributed by atoms with Crippen LogP contribution in [0, 0.1) is 12.0 Å². The first-order chi connectivity index (χ1) is 9.52. The Morgan fingerprint density at radius 2 is 2.00 bits per heavy atom. The van der Waals surface area contributed by atoms with E-state index >= 15 is 0 Å². The van der Waals surface area contributed by atoms with E-state index in [0.29, 0.717) is 5.92 Å². The van der Waals surface area contributed by atoms with Gasteiger partial charge in [-0.25, -0.2) is 11.6 Å². The predicted molar refractivity (Wildman–Crippen MR) is 89.2 cm³/mol. The molecule has 0 aromatic heterocycles. The molecule has 1 unspecified atom stereocenters. The molecule has 0 N–H and O–H groups in total. The first-order valence-electron chi connectivity index (χ1n) is 7.05. The van der Waals surface area contributed by atoms with Gasteiger partial charge in [0.15, 0.2) is 0 Å². The molecule has 4 heteroatoms. The van der Waals surface area contributed by atoms with Crippen LogP contribution < -0.4 is 24.8 Å². The van der Waals surface area contributed by atoms with Gasteiger partial charge in [-0.2, -0.15) is 6.08 Å². The fourth-order valence-electron chi connectivity index (χ4n) is 1.87. The van der Waals surface area contributed by atoms with Crippen LogP contribution in [0.15, 0.2) is 51.8 Å². The second-order valence-corrected chi connectivity index (χ2v) is 8.82. The van der Waals surface area contributed by atoms with E-state index in [1.165, 1.54) is 18.6 Å². The Labute approximate surface area is 167 Å². The SMILES string of the molecule is CC1=CC2C=CC=C2S1.CCC1=CC[C-]=C1.C[C](C)=[Zr+2].[Cl-].[Cl-]. The molecule has 0 fully saturated rings. The van der Waals surface area contributed by atoms with Gasteiger partial charge >= 0.3 is 41.3 Å². The molecule has 1 heterocycles. The number of halogens is 2. The molecule has 0 nitrogen and oxygen atoms in total. The van der Waals surface area contributed by atoms with E-state index in [1.807, 2.05) is 11.8 Å². The Kier molecular flexibility index (Phi) is 15.4. The van der Waals surface area contributed by atoms with Gasteiger partial charge in [0.25, 0.3) is 0 Å². The summed E-state index contributed by atoms with van der Waals surface area (Å²) in [6.45, 7) is 8.57. The molecule has 0 saturated heterocycles. The third-order valence-corrected chi connectivity index (χ3v) is 3.88. The van der Waals surface area contributed by atoms with Gasteiger partial charge in [-0.15, -0.1) is 6.42 Å². The summed E-state index contributed by atoms with van der Waals surface area (Å²) in [4.78, 5) is 2.93. The van der Waals surface area contributed by atoms with Crippen LogP contribution >= 0.6 is 11.8 Å². The van der Waals surface area contributed by atoms with Crippen LogP contribution in [0.3, 0.4) is 0 Å². The summed E-state index contributed by atoms with van der Waals surface area (Å²) in [7, 11) is 0. The van der Waals surface area contributed by atoms with E-state index in [-0.39, 0.29) is 24.8 Å². The molecule has 120 valence electrons. The van der Waals surface area contributed by atoms with Crippen LogP contribution in [0.5, 0.6) is 0 Å². The molecule has 0 radical (unpaired) electrons. The summed E-state index contributed by atoms with van der Waals surface area (Å²) in [5, 5.41) is 0. The maximum Gasteiger partial charge on any atom is -1.00 e. The van der Waals surface area contributed by atoms with Crippen LogP contribution in [0.25, 0.3) is 0 Å². The van der Waals surface area contributed by atoms with E-state index in [4.69, 9.17) is 0 Å². The van der Waals surface area contributed by atoms with Crippen molar-refractivity contribution in [3.8, 4) is 0 Å². The molecular weight excluding hydrogens is 410 g/mol. The molecular formula is C18H23Cl2SZr-. The molecule has 2 aliphatic carbocycles. The normalized spacial score (nSPS) is 19.2. The molecule has 22 heavy (non-hydrogen) atoms. The Hall–Kier alpha value is 0.383. The van der Waals surface area contributed by atoms with Crippen LogP contribution in [-0.2, 0) is 24.2 Å². The summed E-state index contributed by atoms with van der Waals surface area (Å²) in [5.41, 5.74) is 1.43. The monoisotopic (exact) mass is 431 g/mol. The molecule has 0 spiro atoms. The quantitative estimate of drug-likeness (QED) is 0.505. The maximum absolute atomic E-state index is 3.11. The van der Waals surface area contributed by atoms with Gasteiger partial charge in [0.2, 0.25) is 0 Å². The van der Waals surface area contributed by atoms with Crippen molar-refractivity contribution in [2.75, 3.05) is 0 Å². The van der Waals surface area contributed by atoms with E-state index in [2.05, 4.69) is 70.2 Å². The standard InChI is InChI=1S/C8H8S.C7H9.C3H6.2ClH.Zr/c1-6-5-7-3-2-4-8(7)9-6;1-2-7-5-3-4-6-7;1-3-2;;;/h2-5,7H,1H3;5-6H,2-3H2,1H3;1-2H3;2*1H;/q;-1;;;;+2/p-2. The van der Waals surface area contributed by atoms with Crippen molar-refractivity contribution < 1.29 is 49.0 Å². The number of hydrogen-bond acceptors (Lipinski definition) is 1. The van der Waals surface area contributed by atoms with Gasteiger partial charge in [-0.1, -0.05) is 49.4 Å². The Morgan fingerprint density at radius 1 is 1.36 bits per heavy atom. The molecule has 0 amide bonds. The summed E-state index contributed by atoms with van der Waals surface area (Å²) in [6.07, 6.45) is 18.4. The fourth-order valence-corrected chi connectivity index (χ4v) is 2.89. The summed E-state index contributed by atoms with van der Waals surface area (Å²) < 4.78 is 1.51. The van der Waals surface area contributed by atoms with Crippen LogP contribution in [0.4, 0.5) is 0 Å². The van der Waals surface area contributed by atoms with Crippen molar-refractivity contribution in [1.29, 1.82) is 0 Å². The fraction of sp³-hybridized carbons (Fsp3) is 0.389. The van der Waals surface area contributed by atoms with E-state index in [0.717, 1.165) is 12.8 Å². The summed E-state index contributed by atoms with van der Waals surface area (Å²) >= 11 is 3.45. The van der Waals surface area contributed by atoms with E-state index < -0.39 is 0 Å². The van der Waals surface area contributed by atoms with Crippen LogP contribution in [-0.4, -0.2) is 3.21 Å². The second kappa shape index (κ2) is 13.8. The Bertz CT molecular complexity index is 495. The largest absolute Gasteiger partial charge is 1.00 e. The van der Waals surface area contributed by atoms with Gasteiger partial charge in [-0.05, 0) is 11.8 Å². The minimum Gasteiger partial charge on any atom is -1.00 e. The van der Waals surface area contributed by atoms with Crippen molar-refractivity contribution in [2.24, 2.45) is 5.92 Å². The Morgan fingerprint density at radius 3 is 2.41 bits per heavy atom. The minimum absolute atomic E-state index is 0. The average Bonchev–Trinajstić information content (AvgIpc) is 3.03. The number of hydrogen-bond donors (Lipinski definition) is 0. The van der Waals surface area contributed by atoms with Crippen LogP contribution in [0.2, 0.25) is 0 Å². The van der Waals surface area contributed by atoms with Gasteiger partial charge in [0.1, 0.15) is 0 Å². The smallest absolute Gasteiger partial charge is 1.00 e. The Balaban J connectivity index is 0. The van der Waals surface area contributed by atoms with E-state index in [1.54, 1.807) is 24.2 Å². The molecule has 0 aromatic rings. The third-order valence-electron chi connectivity index (χ3n) is 2.78. The zero-order valence-corrected chi connectivity index (χ0v) is 18.4. The van der Waals surface area contributed by atoms with Gasteiger partial charge < -0.3 is 24.8 Å². The second-order valence-electron chi connectivity index (χ2n) is 5.04. The molecule has 0 aromatic carbocycles. The van der Waals surface area contributed by atoms with Gasteiger partial charge in [0, 0.05) is 10.8 Å². The summed E-state index contributed by atoms with van der Waals surface area (Å²) in [5.74, 6) is 0.634. The molecule has 3 rings (SSSR count). The number of rotatable bonds is 1. The zero-order valence-electron chi connectivity index (χ0n) is 13.6. The van der Waals surface area contributed by atoms with Crippen LogP contribution in [0.1, 0.15) is 40.5 Å². The molecule has 0 saturated carbocycles. The van der Waals surface area contributed by atoms with Crippen molar-refractivity contribution in [3.63, 3.8) is 0 Å². The average molecular weight is 434 g/mol. The molecule has 0 bridgehead atoms. The maximum atomic E-state index is 3.11. The van der Waals surface area contributed by atoms with Crippen molar-refractivity contribution in [2.45, 2.75) is 40.5 Å². The first-order valence-corrected chi connectivity index (χ1v) is 9.09. The molecule has 1 aliphatic heterocycles. The van der Waals surface area contributed by atoms with Crippen molar-refractivity contribution >= 4 is 15.0 Å². The van der Waals surface area contributed by atoms with Crippen molar-refractivity contribution in [3.05, 3.63) is 57.9 Å². The molecule has 1 atom stereocenters. The summed E-state index contributed by atoms with van der Waals surface area (Å²) in [6, 6.07) is 0. The predicted octanol–water partition coefficient (Wildman–Crippen LogP) is -0.454. The van der Waals surface area contributed by atoms with Gasteiger partial charge in [0.05, 0.1) is 0 Å². The topological polar surface area (TPSA) is 0 Å². The van der Waals surface area contributed by atoms with Crippen molar-refractivity contribution in [1.82, 2.24) is 0 Å². The number of thioether (sulfide) groups is 1. The van der Waals surface area contributed by atoms with E-state index in [9.17, 15) is 0 Å². The number of fused-ring (bicyclic) bond motifs is 1. The van der Waals surface area contributed by atoms with Gasteiger partial charge in [-0.3, -0.25) is 6.08 Å². The first kappa shape index (κ1) is 24.6.